The van der Waals surface area contributed by atoms with E-state index in [0.29, 0.717) is 13.0 Å². The second kappa shape index (κ2) is 6.56. The number of carboxylic acid groups (broad SMARTS) is 1. The molecular formula is C13H17BrN2O3. The molecule has 1 atom stereocenters. The van der Waals surface area contributed by atoms with Crippen LogP contribution in [0.2, 0.25) is 0 Å². The van der Waals surface area contributed by atoms with Crippen molar-refractivity contribution in [2.45, 2.75) is 32.4 Å². The van der Waals surface area contributed by atoms with Crippen LogP contribution < -0.4 is 10.6 Å². The molecule has 0 aliphatic carbocycles. The van der Waals surface area contributed by atoms with Gasteiger partial charge in [0.15, 0.2) is 0 Å². The highest BCUT2D eigenvalue weighted by molar-refractivity contribution is 9.10. The molecule has 0 saturated heterocycles. The second-order valence-corrected chi connectivity index (χ2v) is 5.34. The molecule has 0 aliphatic rings. The van der Waals surface area contributed by atoms with E-state index in [4.69, 9.17) is 5.11 Å². The van der Waals surface area contributed by atoms with Crippen molar-refractivity contribution in [1.29, 1.82) is 0 Å². The van der Waals surface area contributed by atoms with Crippen LogP contribution in [0.3, 0.4) is 0 Å². The van der Waals surface area contributed by atoms with Crippen LogP contribution in [0, 0.1) is 0 Å². The zero-order valence-corrected chi connectivity index (χ0v) is 12.5. The van der Waals surface area contributed by atoms with E-state index in [1.165, 1.54) is 6.92 Å². The first-order valence-corrected chi connectivity index (χ1v) is 6.70. The zero-order valence-electron chi connectivity index (χ0n) is 10.9. The molecule has 104 valence electrons. The molecule has 6 heteroatoms. The minimum Gasteiger partial charge on any atom is -0.480 e. The Kier molecular flexibility index (Phi) is 5.35. The molecule has 2 amide bonds. The Morgan fingerprint density at radius 1 is 1.42 bits per heavy atom. The van der Waals surface area contributed by atoms with Crippen molar-refractivity contribution in [1.82, 2.24) is 10.6 Å². The van der Waals surface area contributed by atoms with Crippen molar-refractivity contribution in [2.75, 3.05) is 0 Å². The number of carbonyl (C=O) groups excluding carboxylic acids is 1. The van der Waals surface area contributed by atoms with E-state index in [-0.39, 0.29) is 0 Å². The average Bonchev–Trinajstić information content (AvgIpc) is 2.36. The van der Waals surface area contributed by atoms with Gasteiger partial charge in [-0.3, -0.25) is 0 Å². The Morgan fingerprint density at radius 2 is 2.11 bits per heavy atom. The molecule has 0 radical (unpaired) electrons. The minimum absolute atomic E-state index is 0.312. The largest absolute Gasteiger partial charge is 0.480 e. The fourth-order valence-electron chi connectivity index (χ4n) is 1.42. The highest BCUT2D eigenvalue weighted by atomic mass is 79.9. The maximum absolute atomic E-state index is 11.7. The van der Waals surface area contributed by atoms with E-state index < -0.39 is 17.5 Å². The van der Waals surface area contributed by atoms with E-state index in [1.807, 2.05) is 24.3 Å². The van der Waals surface area contributed by atoms with Crippen molar-refractivity contribution < 1.29 is 14.7 Å². The van der Waals surface area contributed by atoms with Crippen molar-refractivity contribution >= 4 is 27.9 Å². The summed E-state index contributed by atoms with van der Waals surface area (Å²) < 4.78 is 0.927. The highest BCUT2D eigenvalue weighted by Gasteiger charge is 2.32. The van der Waals surface area contributed by atoms with E-state index in [9.17, 15) is 9.59 Å². The van der Waals surface area contributed by atoms with Crippen LogP contribution >= 0.6 is 15.9 Å². The lowest BCUT2D eigenvalue weighted by Gasteiger charge is -2.24. The van der Waals surface area contributed by atoms with Crippen LogP contribution in [-0.4, -0.2) is 22.6 Å². The van der Waals surface area contributed by atoms with Crippen molar-refractivity contribution in [3.05, 3.63) is 34.3 Å². The summed E-state index contributed by atoms with van der Waals surface area (Å²) in [5.74, 6) is -1.05. The molecule has 1 aromatic carbocycles. The normalized spacial score (nSPS) is 13.4. The van der Waals surface area contributed by atoms with Gasteiger partial charge in [0, 0.05) is 11.0 Å². The standard InChI is InChI=1S/C13H17BrN2O3/c1-3-13(2,11(17)18)16-12(19)15-8-9-5-4-6-10(14)7-9/h4-7H,3,8H2,1-2H3,(H,17,18)(H2,15,16,19). The molecule has 19 heavy (non-hydrogen) atoms. The van der Waals surface area contributed by atoms with E-state index in [2.05, 4.69) is 26.6 Å². The fraction of sp³-hybridized carbons (Fsp3) is 0.385. The predicted octanol–water partition coefficient (Wildman–Crippen LogP) is 2.50. The van der Waals surface area contributed by atoms with Crippen LogP contribution in [0.15, 0.2) is 28.7 Å². The van der Waals surface area contributed by atoms with E-state index in [1.54, 1.807) is 6.92 Å². The fourth-order valence-corrected chi connectivity index (χ4v) is 1.86. The summed E-state index contributed by atoms with van der Waals surface area (Å²) in [5, 5.41) is 14.2. The van der Waals surface area contributed by atoms with Crippen molar-refractivity contribution in [3.63, 3.8) is 0 Å². The molecule has 1 unspecified atom stereocenters. The van der Waals surface area contributed by atoms with Gasteiger partial charge in [0.05, 0.1) is 0 Å². The molecule has 5 nitrogen and oxygen atoms in total. The number of carbonyl (C=O) groups is 2. The number of aliphatic carboxylic acids is 1. The monoisotopic (exact) mass is 328 g/mol. The number of rotatable bonds is 5. The third-order valence-corrected chi connectivity index (χ3v) is 3.40. The molecule has 0 bridgehead atoms. The second-order valence-electron chi connectivity index (χ2n) is 4.43. The molecule has 0 aliphatic heterocycles. The zero-order chi connectivity index (χ0) is 14.5. The molecule has 3 N–H and O–H groups in total. The summed E-state index contributed by atoms with van der Waals surface area (Å²) in [6, 6.07) is 7.03. The number of benzene rings is 1. The third kappa shape index (κ3) is 4.55. The predicted molar refractivity (Wildman–Crippen MR) is 75.8 cm³/mol. The molecule has 1 aromatic rings. The quantitative estimate of drug-likeness (QED) is 0.777. The van der Waals surface area contributed by atoms with Crippen LogP contribution in [0.5, 0.6) is 0 Å². The molecule has 0 saturated carbocycles. The number of halogens is 1. The van der Waals surface area contributed by atoms with Crippen LogP contribution in [0.1, 0.15) is 25.8 Å². The van der Waals surface area contributed by atoms with Crippen molar-refractivity contribution in [3.8, 4) is 0 Å². The lowest BCUT2D eigenvalue weighted by Crippen LogP contribution is -2.54. The van der Waals surface area contributed by atoms with Gasteiger partial charge in [-0.25, -0.2) is 9.59 Å². The maximum atomic E-state index is 11.7. The number of hydrogen-bond acceptors (Lipinski definition) is 2. The van der Waals surface area contributed by atoms with Crippen LogP contribution in [-0.2, 0) is 11.3 Å². The molecule has 0 fully saturated rings. The molecule has 0 heterocycles. The molecular weight excluding hydrogens is 312 g/mol. The first kappa shape index (κ1) is 15.5. The van der Waals surface area contributed by atoms with E-state index in [0.717, 1.165) is 10.0 Å². The van der Waals surface area contributed by atoms with Crippen LogP contribution in [0.4, 0.5) is 4.79 Å². The topological polar surface area (TPSA) is 78.4 Å². The summed E-state index contributed by atoms with van der Waals surface area (Å²) in [4.78, 5) is 22.7. The Hall–Kier alpha value is -1.56. The average molecular weight is 329 g/mol. The van der Waals surface area contributed by atoms with Gasteiger partial charge < -0.3 is 15.7 Å². The number of amides is 2. The first-order chi connectivity index (χ1) is 8.87. The lowest BCUT2D eigenvalue weighted by molar-refractivity contribution is -0.143. The Bertz CT molecular complexity index is 479. The molecule has 0 aromatic heterocycles. The van der Waals surface area contributed by atoms with Crippen molar-refractivity contribution in [2.24, 2.45) is 0 Å². The number of carboxylic acids is 1. The Morgan fingerprint density at radius 3 is 2.63 bits per heavy atom. The smallest absolute Gasteiger partial charge is 0.329 e. The minimum atomic E-state index is -1.25. The number of nitrogens with one attached hydrogen (secondary N) is 2. The summed E-state index contributed by atoms with van der Waals surface area (Å²) in [6.45, 7) is 3.53. The van der Waals surface area contributed by atoms with Gasteiger partial charge in [0.2, 0.25) is 0 Å². The van der Waals surface area contributed by atoms with Gasteiger partial charge in [-0.1, -0.05) is 35.0 Å². The Balaban J connectivity index is 2.54. The summed E-state index contributed by atoms with van der Waals surface area (Å²) in [5.41, 5.74) is -0.320. The molecule has 1 rings (SSSR count). The maximum Gasteiger partial charge on any atom is 0.329 e. The van der Waals surface area contributed by atoms with Gasteiger partial charge in [-0.05, 0) is 31.0 Å². The summed E-state index contributed by atoms with van der Waals surface area (Å²) >= 11 is 3.34. The first-order valence-electron chi connectivity index (χ1n) is 5.91. The van der Waals surface area contributed by atoms with Gasteiger partial charge in [0.25, 0.3) is 0 Å². The van der Waals surface area contributed by atoms with Gasteiger partial charge >= 0.3 is 12.0 Å². The highest BCUT2D eigenvalue weighted by Crippen LogP contribution is 2.12. The van der Waals surface area contributed by atoms with Gasteiger partial charge in [-0.2, -0.15) is 0 Å². The van der Waals surface area contributed by atoms with Gasteiger partial charge in [0.1, 0.15) is 5.54 Å². The molecule has 0 spiro atoms. The lowest BCUT2D eigenvalue weighted by atomic mass is 10.00. The SMILES string of the molecule is CCC(C)(NC(=O)NCc1cccc(Br)c1)C(=O)O. The summed E-state index contributed by atoms with van der Waals surface area (Å²) in [6.07, 6.45) is 0.312. The van der Waals surface area contributed by atoms with Crippen LogP contribution in [0.25, 0.3) is 0 Å². The number of hydrogen-bond donors (Lipinski definition) is 3. The summed E-state index contributed by atoms with van der Waals surface area (Å²) in [7, 11) is 0. The Labute approximate surface area is 120 Å². The van der Waals surface area contributed by atoms with E-state index >= 15 is 0 Å². The number of urea groups is 1. The van der Waals surface area contributed by atoms with Gasteiger partial charge in [-0.15, -0.1) is 0 Å². The third-order valence-electron chi connectivity index (χ3n) is 2.91.